The summed E-state index contributed by atoms with van der Waals surface area (Å²) in [5.41, 5.74) is 2.60. The number of hydrogen-bond acceptors (Lipinski definition) is 7. The fourth-order valence-electron chi connectivity index (χ4n) is 8.53. The Kier molecular flexibility index (Phi) is 9.79. The van der Waals surface area contributed by atoms with Crippen molar-refractivity contribution in [2.45, 2.75) is 97.4 Å². The second-order valence-corrected chi connectivity index (χ2v) is 14.2. The van der Waals surface area contributed by atoms with Crippen LogP contribution in [0.25, 0.3) is 0 Å². The lowest BCUT2D eigenvalue weighted by atomic mass is 9.62. The smallest absolute Gasteiger partial charge is 0.255 e. The molecule has 1 N–H and O–H groups in total. The molecular formula is C34H52N6O3. The maximum absolute atomic E-state index is 14.0. The Morgan fingerprint density at radius 1 is 1.05 bits per heavy atom. The summed E-state index contributed by atoms with van der Waals surface area (Å²) in [6.07, 6.45) is 10.3. The molecule has 0 aliphatic carbocycles. The topological polar surface area (TPSA) is 104 Å². The van der Waals surface area contributed by atoms with Crippen LogP contribution in [-0.4, -0.2) is 99.7 Å². The van der Waals surface area contributed by atoms with Crippen molar-refractivity contribution in [2.24, 2.45) is 17.3 Å². The standard InChI is InChI=1S/C34H52N6O3/c1-5-6-7-29-31(41)38(24-27-8-15-40(43)16-9-27)19-12-34(29)13-20-39(21-14-34)33(4)10-17-37(18-11-33)32(42)30-25(2)22-28(23-35)36-26(30)3/h22,27,29,43H,5-21,24H2,1-4H3. The Labute approximate surface area is 258 Å². The molecule has 0 bridgehead atoms. The number of nitriles is 1. The molecule has 0 saturated carbocycles. The van der Waals surface area contributed by atoms with Crippen LogP contribution in [-0.2, 0) is 4.79 Å². The first kappa shape index (κ1) is 31.9. The molecule has 43 heavy (non-hydrogen) atoms. The largest absolute Gasteiger partial charge is 0.342 e. The highest BCUT2D eigenvalue weighted by Gasteiger charge is 2.51. The molecule has 0 radical (unpaired) electrons. The summed E-state index contributed by atoms with van der Waals surface area (Å²) in [7, 11) is 0. The molecule has 9 nitrogen and oxygen atoms in total. The Morgan fingerprint density at radius 2 is 1.70 bits per heavy atom. The van der Waals surface area contributed by atoms with Crippen molar-refractivity contribution in [2.75, 3.05) is 52.4 Å². The summed E-state index contributed by atoms with van der Waals surface area (Å²) in [5, 5.41) is 20.4. The average molecular weight is 593 g/mol. The van der Waals surface area contributed by atoms with E-state index in [-0.39, 0.29) is 22.8 Å². The van der Waals surface area contributed by atoms with Crippen LogP contribution in [0.4, 0.5) is 0 Å². The molecule has 1 atom stereocenters. The van der Waals surface area contributed by atoms with E-state index in [2.05, 4.69) is 34.7 Å². The van der Waals surface area contributed by atoms with Gasteiger partial charge in [-0.1, -0.05) is 19.8 Å². The van der Waals surface area contributed by atoms with E-state index in [9.17, 15) is 20.1 Å². The molecule has 4 saturated heterocycles. The highest BCUT2D eigenvalue weighted by atomic mass is 16.5. The number of amides is 2. The van der Waals surface area contributed by atoms with E-state index < -0.39 is 0 Å². The third-order valence-electron chi connectivity index (χ3n) is 11.5. The van der Waals surface area contributed by atoms with E-state index in [0.29, 0.717) is 41.9 Å². The number of hydroxylamine groups is 2. The molecule has 0 aromatic carbocycles. The summed E-state index contributed by atoms with van der Waals surface area (Å²) in [6, 6.07) is 3.80. The molecule has 4 aliphatic rings. The molecule has 2 amide bonds. The van der Waals surface area contributed by atoms with Gasteiger partial charge < -0.3 is 15.0 Å². The first-order chi connectivity index (χ1) is 20.6. The van der Waals surface area contributed by atoms with E-state index in [1.165, 1.54) is 5.06 Å². The van der Waals surface area contributed by atoms with Crippen LogP contribution >= 0.6 is 0 Å². The van der Waals surface area contributed by atoms with E-state index in [1.807, 2.05) is 18.7 Å². The van der Waals surface area contributed by atoms with Crippen molar-refractivity contribution < 1.29 is 14.8 Å². The van der Waals surface area contributed by atoms with Gasteiger partial charge in [-0.05, 0) is 108 Å². The van der Waals surface area contributed by atoms with Crippen molar-refractivity contribution in [3.63, 3.8) is 0 Å². The predicted molar refractivity (Wildman–Crippen MR) is 166 cm³/mol. The zero-order valence-electron chi connectivity index (χ0n) is 26.9. The maximum atomic E-state index is 14.0. The predicted octanol–water partition coefficient (Wildman–Crippen LogP) is 4.79. The SMILES string of the molecule is CCCCC1C(=O)N(CC2CCN(O)CC2)CCC12CCN(C1(C)CCN(C(=O)c3c(C)cc(C#N)nc3C)CC1)CC2. The summed E-state index contributed by atoms with van der Waals surface area (Å²) in [4.78, 5) is 38.6. The minimum absolute atomic E-state index is 0.0255. The number of aromatic nitrogens is 1. The van der Waals surface area contributed by atoms with Gasteiger partial charge in [0, 0.05) is 50.7 Å². The molecule has 9 heteroatoms. The number of aryl methyl sites for hydroxylation is 2. The molecule has 4 fully saturated rings. The fraction of sp³-hybridized carbons (Fsp3) is 0.765. The van der Waals surface area contributed by atoms with Gasteiger partial charge in [0.15, 0.2) is 0 Å². The summed E-state index contributed by atoms with van der Waals surface area (Å²) >= 11 is 0. The van der Waals surface area contributed by atoms with Crippen LogP contribution in [0.1, 0.15) is 105 Å². The highest BCUT2D eigenvalue weighted by Crippen LogP contribution is 2.49. The molecule has 236 valence electrons. The molecule has 1 spiro atoms. The number of piperidine rings is 4. The first-order valence-corrected chi connectivity index (χ1v) is 16.7. The Balaban J connectivity index is 1.19. The first-order valence-electron chi connectivity index (χ1n) is 16.7. The number of likely N-dealkylation sites (tertiary alicyclic amines) is 3. The number of nitrogens with zero attached hydrogens (tertiary/aromatic N) is 6. The lowest BCUT2D eigenvalue weighted by Crippen LogP contribution is -2.61. The van der Waals surface area contributed by atoms with E-state index in [4.69, 9.17) is 0 Å². The summed E-state index contributed by atoms with van der Waals surface area (Å²) in [6.45, 7) is 14.9. The monoisotopic (exact) mass is 592 g/mol. The number of rotatable bonds is 7. The van der Waals surface area contributed by atoms with Gasteiger partial charge in [-0.15, -0.1) is 0 Å². The summed E-state index contributed by atoms with van der Waals surface area (Å²) < 4.78 is 0. The van der Waals surface area contributed by atoms with Crippen LogP contribution in [0.3, 0.4) is 0 Å². The number of carbonyl (C=O) groups excluding carboxylic acids is 2. The zero-order chi connectivity index (χ0) is 30.8. The third-order valence-corrected chi connectivity index (χ3v) is 11.5. The zero-order valence-corrected chi connectivity index (χ0v) is 26.9. The van der Waals surface area contributed by atoms with Gasteiger partial charge in [0.25, 0.3) is 5.91 Å². The highest BCUT2D eigenvalue weighted by molar-refractivity contribution is 5.96. The maximum Gasteiger partial charge on any atom is 0.255 e. The molecule has 5 rings (SSSR count). The molecule has 1 unspecified atom stereocenters. The Bertz CT molecular complexity index is 1180. The van der Waals surface area contributed by atoms with Crippen molar-refractivity contribution in [3.8, 4) is 6.07 Å². The number of hydrogen-bond donors (Lipinski definition) is 1. The van der Waals surface area contributed by atoms with Crippen molar-refractivity contribution in [3.05, 3.63) is 28.6 Å². The second-order valence-electron chi connectivity index (χ2n) is 14.2. The van der Waals surface area contributed by atoms with Crippen molar-refractivity contribution in [1.29, 1.82) is 5.26 Å². The molecular weight excluding hydrogens is 540 g/mol. The third kappa shape index (κ3) is 6.62. The van der Waals surface area contributed by atoms with Gasteiger partial charge >= 0.3 is 0 Å². The van der Waals surface area contributed by atoms with Crippen LogP contribution in [0.2, 0.25) is 0 Å². The van der Waals surface area contributed by atoms with Gasteiger partial charge in [-0.25, -0.2) is 4.98 Å². The van der Waals surface area contributed by atoms with E-state index in [0.717, 1.165) is 109 Å². The minimum Gasteiger partial charge on any atom is -0.342 e. The lowest BCUT2D eigenvalue weighted by molar-refractivity contribution is -0.153. The number of carbonyl (C=O) groups is 2. The van der Waals surface area contributed by atoms with Crippen molar-refractivity contribution in [1.82, 2.24) is 24.7 Å². The van der Waals surface area contributed by atoms with Crippen LogP contribution in [0, 0.1) is 42.4 Å². The molecule has 1 aromatic rings. The number of unbranched alkanes of at least 4 members (excludes halogenated alkanes) is 1. The van der Waals surface area contributed by atoms with Gasteiger partial charge in [0.1, 0.15) is 11.8 Å². The van der Waals surface area contributed by atoms with Gasteiger partial charge in [0.05, 0.1) is 11.3 Å². The Hall–Kier alpha value is -2.54. The number of pyridine rings is 1. The van der Waals surface area contributed by atoms with Gasteiger partial charge in [-0.3, -0.25) is 14.5 Å². The van der Waals surface area contributed by atoms with Gasteiger partial charge in [0.2, 0.25) is 5.91 Å². The van der Waals surface area contributed by atoms with E-state index >= 15 is 0 Å². The minimum atomic E-state index is 0.0255. The normalized spacial score (nSPS) is 25.2. The van der Waals surface area contributed by atoms with Crippen LogP contribution < -0.4 is 0 Å². The second kappa shape index (κ2) is 13.2. The average Bonchev–Trinajstić information content (AvgIpc) is 3.00. The Morgan fingerprint density at radius 3 is 2.30 bits per heavy atom. The van der Waals surface area contributed by atoms with Gasteiger partial charge in [-0.2, -0.15) is 10.3 Å². The van der Waals surface area contributed by atoms with E-state index in [1.54, 1.807) is 6.07 Å². The molecule has 4 aliphatic heterocycles. The van der Waals surface area contributed by atoms with Crippen molar-refractivity contribution >= 4 is 11.8 Å². The lowest BCUT2D eigenvalue weighted by Gasteiger charge is -2.55. The molecule has 5 heterocycles. The summed E-state index contributed by atoms with van der Waals surface area (Å²) in [5.74, 6) is 1.04. The fourth-order valence-corrected chi connectivity index (χ4v) is 8.53. The van der Waals surface area contributed by atoms with Crippen LogP contribution in [0.5, 0.6) is 0 Å². The van der Waals surface area contributed by atoms with Crippen LogP contribution in [0.15, 0.2) is 6.07 Å². The molecule has 1 aromatic heterocycles. The quantitative estimate of drug-likeness (QED) is 0.486.